The average molecular weight is 276 g/mol. The molecule has 0 aliphatic carbocycles. The highest BCUT2D eigenvalue weighted by molar-refractivity contribution is 7.89. The number of phenolic OH excluding ortho intramolecular Hbond substituents is 1. The van der Waals surface area contributed by atoms with Crippen molar-refractivity contribution in [3.05, 3.63) is 54.1 Å². The molecule has 0 fully saturated rings. The van der Waals surface area contributed by atoms with Crippen LogP contribution in [0, 0.1) is 0 Å². The first-order chi connectivity index (χ1) is 8.95. The summed E-state index contributed by atoms with van der Waals surface area (Å²) in [6.07, 6.45) is 1.58. The summed E-state index contributed by atoms with van der Waals surface area (Å²) in [7, 11) is -3.68. The molecule has 0 aliphatic heterocycles. The van der Waals surface area contributed by atoms with Crippen LogP contribution < -0.4 is 5.14 Å². The summed E-state index contributed by atoms with van der Waals surface area (Å²) < 4.78 is 22.1. The standard InChI is InChI=1S/C13H12N2O3S/c14-19(17,18)13-6-4-11(5-7-13)15-9-10-2-1-3-12(16)8-10/h1-9,16H,(H2,14,17,18). The van der Waals surface area contributed by atoms with Gasteiger partial charge in [-0.2, -0.15) is 0 Å². The molecular weight excluding hydrogens is 264 g/mol. The predicted octanol–water partition coefficient (Wildman–Crippen LogP) is 1.79. The van der Waals surface area contributed by atoms with Crippen molar-refractivity contribution in [2.24, 2.45) is 10.1 Å². The largest absolute Gasteiger partial charge is 0.508 e. The minimum absolute atomic E-state index is 0.0452. The van der Waals surface area contributed by atoms with E-state index >= 15 is 0 Å². The second kappa shape index (κ2) is 5.21. The van der Waals surface area contributed by atoms with Crippen LogP contribution in [0.15, 0.2) is 58.4 Å². The molecule has 0 unspecified atom stereocenters. The number of phenols is 1. The number of hydrogen-bond acceptors (Lipinski definition) is 4. The van der Waals surface area contributed by atoms with Gasteiger partial charge < -0.3 is 5.11 Å². The van der Waals surface area contributed by atoms with E-state index in [4.69, 9.17) is 5.14 Å². The van der Waals surface area contributed by atoms with Crippen LogP contribution >= 0.6 is 0 Å². The minimum atomic E-state index is -3.68. The Balaban J connectivity index is 2.20. The second-order valence-corrected chi connectivity index (χ2v) is 5.45. The highest BCUT2D eigenvalue weighted by atomic mass is 32.2. The van der Waals surface area contributed by atoms with Crippen LogP contribution in [-0.4, -0.2) is 19.7 Å². The lowest BCUT2D eigenvalue weighted by atomic mass is 10.2. The van der Waals surface area contributed by atoms with Gasteiger partial charge in [-0.05, 0) is 42.0 Å². The van der Waals surface area contributed by atoms with Gasteiger partial charge in [0.05, 0.1) is 10.6 Å². The van der Waals surface area contributed by atoms with Crippen LogP contribution in [0.1, 0.15) is 5.56 Å². The van der Waals surface area contributed by atoms with Gasteiger partial charge in [0, 0.05) is 6.21 Å². The van der Waals surface area contributed by atoms with Gasteiger partial charge in [-0.3, -0.25) is 4.99 Å². The maximum Gasteiger partial charge on any atom is 0.238 e. The van der Waals surface area contributed by atoms with E-state index in [0.29, 0.717) is 5.69 Å². The molecule has 0 amide bonds. The van der Waals surface area contributed by atoms with Crippen molar-refractivity contribution < 1.29 is 13.5 Å². The van der Waals surface area contributed by atoms with Crippen molar-refractivity contribution in [1.82, 2.24) is 0 Å². The fraction of sp³-hybridized carbons (Fsp3) is 0. The molecule has 5 nitrogen and oxygen atoms in total. The first-order valence-corrected chi connectivity index (χ1v) is 6.96. The number of primary sulfonamides is 1. The molecule has 2 aromatic rings. The van der Waals surface area contributed by atoms with E-state index in [-0.39, 0.29) is 10.6 Å². The summed E-state index contributed by atoms with van der Waals surface area (Å²) in [5.74, 6) is 0.161. The van der Waals surface area contributed by atoms with Crippen molar-refractivity contribution in [3.63, 3.8) is 0 Å². The number of rotatable bonds is 3. The first-order valence-electron chi connectivity index (χ1n) is 5.41. The Morgan fingerprint density at radius 1 is 1.11 bits per heavy atom. The van der Waals surface area contributed by atoms with E-state index in [9.17, 15) is 13.5 Å². The molecule has 0 aromatic heterocycles. The Kier molecular flexibility index (Phi) is 3.64. The van der Waals surface area contributed by atoms with E-state index in [0.717, 1.165) is 5.56 Å². The number of aliphatic imine (C=N–C) groups is 1. The zero-order valence-corrected chi connectivity index (χ0v) is 10.7. The Morgan fingerprint density at radius 2 is 1.79 bits per heavy atom. The van der Waals surface area contributed by atoms with Gasteiger partial charge in [0.2, 0.25) is 10.0 Å². The van der Waals surface area contributed by atoms with Gasteiger partial charge in [-0.25, -0.2) is 13.6 Å². The lowest BCUT2D eigenvalue weighted by Gasteiger charge is -1.98. The van der Waals surface area contributed by atoms with Gasteiger partial charge in [0.25, 0.3) is 0 Å². The molecule has 3 N–H and O–H groups in total. The molecule has 2 rings (SSSR count). The van der Waals surface area contributed by atoms with Gasteiger partial charge in [-0.1, -0.05) is 12.1 Å². The summed E-state index contributed by atoms with van der Waals surface area (Å²) in [4.78, 5) is 4.21. The van der Waals surface area contributed by atoms with E-state index in [1.165, 1.54) is 12.1 Å². The maximum absolute atomic E-state index is 11.1. The molecule has 19 heavy (non-hydrogen) atoms. The average Bonchev–Trinajstić information content (AvgIpc) is 2.36. The van der Waals surface area contributed by atoms with E-state index < -0.39 is 10.0 Å². The van der Waals surface area contributed by atoms with E-state index in [2.05, 4.69) is 4.99 Å². The van der Waals surface area contributed by atoms with E-state index in [1.807, 2.05) is 0 Å². The number of hydrogen-bond donors (Lipinski definition) is 2. The van der Waals surface area contributed by atoms with Crippen LogP contribution in [0.2, 0.25) is 0 Å². The van der Waals surface area contributed by atoms with Gasteiger partial charge in [0.1, 0.15) is 5.75 Å². The molecule has 6 heteroatoms. The highest BCUT2D eigenvalue weighted by Crippen LogP contribution is 2.16. The summed E-state index contributed by atoms with van der Waals surface area (Å²) >= 11 is 0. The second-order valence-electron chi connectivity index (χ2n) is 3.89. The van der Waals surface area contributed by atoms with Crippen molar-refractivity contribution in [3.8, 4) is 5.75 Å². The molecule has 0 saturated heterocycles. The highest BCUT2D eigenvalue weighted by Gasteiger charge is 2.05. The third-order valence-corrected chi connectivity index (χ3v) is 3.33. The number of benzene rings is 2. The summed E-state index contributed by atoms with van der Waals surface area (Å²) in [5.41, 5.74) is 1.34. The zero-order valence-electron chi connectivity index (χ0n) is 9.89. The van der Waals surface area contributed by atoms with Crippen molar-refractivity contribution >= 4 is 21.9 Å². The summed E-state index contributed by atoms with van der Waals surface area (Å²) in [6, 6.07) is 12.5. The SMILES string of the molecule is NS(=O)(=O)c1ccc(N=Cc2cccc(O)c2)cc1. The number of aromatic hydroxyl groups is 1. The quantitative estimate of drug-likeness (QED) is 0.837. The van der Waals surface area contributed by atoms with Crippen LogP contribution in [0.4, 0.5) is 5.69 Å². The molecule has 0 heterocycles. The minimum Gasteiger partial charge on any atom is -0.508 e. The normalized spacial score (nSPS) is 11.8. The molecule has 0 bridgehead atoms. The first kappa shape index (κ1) is 13.3. The number of sulfonamides is 1. The third kappa shape index (κ3) is 3.64. The molecule has 98 valence electrons. The lowest BCUT2D eigenvalue weighted by Crippen LogP contribution is -2.11. The smallest absolute Gasteiger partial charge is 0.238 e. The Labute approximate surface area is 111 Å². The van der Waals surface area contributed by atoms with Crippen LogP contribution in [-0.2, 0) is 10.0 Å². The fourth-order valence-electron chi connectivity index (χ4n) is 1.48. The van der Waals surface area contributed by atoms with Gasteiger partial charge in [-0.15, -0.1) is 0 Å². The number of nitrogens with zero attached hydrogens (tertiary/aromatic N) is 1. The molecular formula is C13H12N2O3S. The molecule has 0 saturated carbocycles. The summed E-state index contributed by atoms with van der Waals surface area (Å²) in [5, 5.41) is 14.3. The topological polar surface area (TPSA) is 92.8 Å². The predicted molar refractivity (Wildman–Crippen MR) is 73.2 cm³/mol. The van der Waals surface area contributed by atoms with E-state index in [1.54, 1.807) is 42.6 Å². The van der Waals surface area contributed by atoms with Crippen molar-refractivity contribution in [2.75, 3.05) is 0 Å². The van der Waals surface area contributed by atoms with Crippen LogP contribution in [0.25, 0.3) is 0 Å². The fourth-order valence-corrected chi connectivity index (χ4v) is 1.99. The Morgan fingerprint density at radius 3 is 2.37 bits per heavy atom. The molecule has 0 spiro atoms. The maximum atomic E-state index is 11.1. The molecule has 0 atom stereocenters. The van der Waals surface area contributed by atoms with Gasteiger partial charge >= 0.3 is 0 Å². The number of nitrogens with two attached hydrogens (primary N) is 1. The van der Waals surface area contributed by atoms with Gasteiger partial charge in [0.15, 0.2) is 0 Å². The third-order valence-electron chi connectivity index (χ3n) is 2.40. The summed E-state index contributed by atoms with van der Waals surface area (Å²) in [6.45, 7) is 0. The molecule has 0 radical (unpaired) electrons. The van der Waals surface area contributed by atoms with Crippen LogP contribution in [0.3, 0.4) is 0 Å². The Hall–Kier alpha value is -2.18. The molecule has 2 aromatic carbocycles. The Bertz CT molecular complexity index is 707. The monoisotopic (exact) mass is 276 g/mol. The zero-order chi connectivity index (χ0) is 13.9. The lowest BCUT2D eigenvalue weighted by molar-refractivity contribution is 0.475. The van der Waals surface area contributed by atoms with Crippen molar-refractivity contribution in [1.29, 1.82) is 0 Å². The van der Waals surface area contributed by atoms with Crippen molar-refractivity contribution in [2.45, 2.75) is 4.90 Å². The molecule has 0 aliphatic rings. The van der Waals surface area contributed by atoms with Crippen LogP contribution in [0.5, 0.6) is 5.75 Å².